The van der Waals surface area contributed by atoms with Crippen LogP contribution in [-0.4, -0.2) is 19.5 Å². The lowest BCUT2D eigenvalue weighted by Crippen LogP contribution is -2.02. The van der Waals surface area contributed by atoms with E-state index in [0.717, 1.165) is 6.29 Å². The third-order valence-electron chi connectivity index (χ3n) is 2.16. The van der Waals surface area contributed by atoms with Gasteiger partial charge in [-0.15, -0.1) is 0 Å². The normalized spacial score (nSPS) is 9.59. The van der Waals surface area contributed by atoms with E-state index in [9.17, 15) is 4.79 Å². The van der Waals surface area contributed by atoms with Crippen LogP contribution in [0.2, 0.25) is 0 Å². The minimum atomic E-state index is 0.438. The molecule has 3 heteroatoms. The molecule has 0 saturated heterocycles. The lowest BCUT2D eigenvalue weighted by molar-refractivity contribution is 0.111. The molecule has 0 unspecified atom stereocenters. The molecule has 0 amide bonds. The van der Waals surface area contributed by atoms with E-state index in [2.05, 4.69) is 0 Å². The van der Waals surface area contributed by atoms with Gasteiger partial charge in [0.2, 0.25) is 0 Å². The number of hydrogen-bond donors (Lipinski definition) is 0. The van der Waals surface area contributed by atoms with Gasteiger partial charge >= 0.3 is 0 Å². The third kappa shape index (κ3) is 3.94. The molecular weight excluding hydrogens is 216 g/mol. The number of benzene rings is 1. The molecule has 0 fully saturated rings. The van der Waals surface area contributed by atoms with Crippen LogP contribution in [0, 0.1) is 0 Å². The summed E-state index contributed by atoms with van der Waals surface area (Å²) >= 11 is 0. The maximum absolute atomic E-state index is 10.9. The van der Waals surface area contributed by atoms with Gasteiger partial charge < -0.3 is 9.47 Å². The Morgan fingerprint density at radius 2 is 2.06 bits per heavy atom. The van der Waals surface area contributed by atoms with Crippen LogP contribution in [-0.2, 0) is 0 Å². The molecule has 0 aliphatic heterocycles. The van der Waals surface area contributed by atoms with Gasteiger partial charge in [0.15, 0.2) is 17.8 Å². The zero-order valence-corrected chi connectivity index (χ0v) is 10.5. The zero-order valence-electron chi connectivity index (χ0n) is 10.5. The summed E-state index contributed by atoms with van der Waals surface area (Å²) in [5.41, 5.74) is 1.68. The maximum atomic E-state index is 10.9. The molecule has 1 aromatic carbocycles. The van der Waals surface area contributed by atoms with Crippen molar-refractivity contribution in [2.75, 3.05) is 13.2 Å². The second-order valence-corrected chi connectivity index (χ2v) is 3.82. The van der Waals surface area contributed by atoms with Crippen molar-refractivity contribution in [3.63, 3.8) is 0 Å². The lowest BCUT2D eigenvalue weighted by atomic mass is 10.2. The SMILES string of the molecule is CCOc1cccc(C=O)c1OCC=C(C)C. The van der Waals surface area contributed by atoms with Crippen LogP contribution < -0.4 is 9.47 Å². The molecule has 92 valence electrons. The van der Waals surface area contributed by atoms with Crippen LogP contribution in [0.25, 0.3) is 0 Å². The van der Waals surface area contributed by atoms with Crippen LogP contribution in [0.4, 0.5) is 0 Å². The highest BCUT2D eigenvalue weighted by atomic mass is 16.5. The molecule has 0 aliphatic rings. The minimum absolute atomic E-state index is 0.438. The van der Waals surface area contributed by atoms with E-state index in [1.165, 1.54) is 5.57 Å². The fraction of sp³-hybridized carbons (Fsp3) is 0.357. The first kappa shape index (κ1) is 13.3. The lowest BCUT2D eigenvalue weighted by Gasteiger charge is -2.12. The molecule has 1 aromatic rings. The van der Waals surface area contributed by atoms with Gasteiger partial charge in [-0.05, 0) is 39.0 Å². The molecule has 0 radical (unpaired) electrons. The summed E-state index contributed by atoms with van der Waals surface area (Å²) in [6, 6.07) is 5.30. The minimum Gasteiger partial charge on any atom is -0.490 e. The average molecular weight is 234 g/mol. The second kappa shape index (κ2) is 6.74. The number of aldehydes is 1. The molecule has 0 heterocycles. The number of carbonyl (C=O) groups is 1. The highest BCUT2D eigenvalue weighted by Gasteiger charge is 2.09. The predicted molar refractivity (Wildman–Crippen MR) is 67.9 cm³/mol. The summed E-state index contributed by atoms with van der Waals surface area (Å²) in [5, 5.41) is 0. The quantitative estimate of drug-likeness (QED) is 0.560. The molecule has 3 nitrogen and oxygen atoms in total. The van der Waals surface area contributed by atoms with E-state index in [4.69, 9.17) is 9.47 Å². The Hall–Kier alpha value is -1.77. The number of hydrogen-bond acceptors (Lipinski definition) is 3. The van der Waals surface area contributed by atoms with Gasteiger partial charge in [-0.1, -0.05) is 11.6 Å². The Labute approximate surface area is 102 Å². The Balaban J connectivity index is 2.92. The van der Waals surface area contributed by atoms with Crippen LogP contribution >= 0.6 is 0 Å². The van der Waals surface area contributed by atoms with Crippen molar-refractivity contribution in [2.24, 2.45) is 0 Å². The fourth-order valence-corrected chi connectivity index (χ4v) is 1.34. The molecule has 0 N–H and O–H groups in total. The van der Waals surface area contributed by atoms with Crippen molar-refractivity contribution >= 4 is 6.29 Å². The predicted octanol–water partition coefficient (Wildman–Crippen LogP) is 3.24. The number of rotatable bonds is 6. The fourth-order valence-electron chi connectivity index (χ4n) is 1.34. The largest absolute Gasteiger partial charge is 0.490 e. The van der Waals surface area contributed by atoms with E-state index in [1.807, 2.05) is 26.8 Å². The number of para-hydroxylation sites is 1. The van der Waals surface area contributed by atoms with Crippen molar-refractivity contribution in [2.45, 2.75) is 20.8 Å². The molecule has 1 rings (SSSR count). The van der Waals surface area contributed by atoms with E-state index in [0.29, 0.717) is 30.3 Å². The summed E-state index contributed by atoms with van der Waals surface area (Å²) in [7, 11) is 0. The van der Waals surface area contributed by atoms with Crippen molar-refractivity contribution in [3.05, 3.63) is 35.4 Å². The summed E-state index contributed by atoms with van der Waals surface area (Å²) < 4.78 is 11.0. The van der Waals surface area contributed by atoms with Crippen LogP contribution in [0.5, 0.6) is 11.5 Å². The first-order chi connectivity index (χ1) is 8.19. The van der Waals surface area contributed by atoms with Crippen molar-refractivity contribution in [1.29, 1.82) is 0 Å². The number of allylic oxidation sites excluding steroid dienone is 1. The summed E-state index contributed by atoms with van der Waals surface area (Å²) in [6.45, 7) is 6.87. The van der Waals surface area contributed by atoms with Crippen molar-refractivity contribution in [3.8, 4) is 11.5 Å². The van der Waals surface area contributed by atoms with Crippen molar-refractivity contribution < 1.29 is 14.3 Å². The van der Waals surface area contributed by atoms with E-state index in [-0.39, 0.29) is 0 Å². The Morgan fingerprint density at radius 3 is 2.65 bits per heavy atom. The maximum Gasteiger partial charge on any atom is 0.172 e. The Kier molecular flexibility index (Phi) is 5.27. The van der Waals surface area contributed by atoms with Gasteiger partial charge in [-0.25, -0.2) is 0 Å². The van der Waals surface area contributed by atoms with E-state index < -0.39 is 0 Å². The molecule has 0 aliphatic carbocycles. The Morgan fingerprint density at radius 1 is 1.29 bits per heavy atom. The van der Waals surface area contributed by atoms with Gasteiger partial charge in [-0.3, -0.25) is 4.79 Å². The molecule has 0 saturated carbocycles. The topological polar surface area (TPSA) is 35.5 Å². The van der Waals surface area contributed by atoms with Gasteiger partial charge in [0, 0.05) is 0 Å². The monoisotopic (exact) mass is 234 g/mol. The van der Waals surface area contributed by atoms with Crippen LogP contribution in [0.1, 0.15) is 31.1 Å². The highest BCUT2D eigenvalue weighted by Crippen LogP contribution is 2.30. The third-order valence-corrected chi connectivity index (χ3v) is 2.16. The highest BCUT2D eigenvalue weighted by molar-refractivity contribution is 5.81. The van der Waals surface area contributed by atoms with Crippen LogP contribution in [0.3, 0.4) is 0 Å². The zero-order chi connectivity index (χ0) is 12.7. The second-order valence-electron chi connectivity index (χ2n) is 3.82. The molecule has 17 heavy (non-hydrogen) atoms. The van der Waals surface area contributed by atoms with E-state index in [1.54, 1.807) is 18.2 Å². The van der Waals surface area contributed by atoms with Gasteiger partial charge in [0.05, 0.1) is 12.2 Å². The molecule has 0 aromatic heterocycles. The smallest absolute Gasteiger partial charge is 0.172 e. The van der Waals surface area contributed by atoms with E-state index >= 15 is 0 Å². The number of ether oxygens (including phenoxy) is 2. The Bertz CT molecular complexity index is 404. The average Bonchev–Trinajstić information content (AvgIpc) is 2.30. The van der Waals surface area contributed by atoms with Gasteiger partial charge in [-0.2, -0.15) is 0 Å². The summed E-state index contributed by atoms with van der Waals surface area (Å²) in [6.07, 6.45) is 2.73. The summed E-state index contributed by atoms with van der Waals surface area (Å²) in [4.78, 5) is 10.9. The number of carbonyl (C=O) groups excluding carboxylic acids is 1. The van der Waals surface area contributed by atoms with Gasteiger partial charge in [0.1, 0.15) is 6.61 Å². The molecular formula is C14H18O3. The molecule has 0 spiro atoms. The summed E-state index contributed by atoms with van der Waals surface area (Å²) in [5.74, 6) is 1.13. The molecule has 0 atom stereocenters. The van der Waals surface area contributed by atoms with Crippen molar-refractivity contribution in [1.82, 2.24) is 0 Å². The first-order valence-corrected chi connectivity index (χ1v) is 5.66. The molecule has 0 bridgehead atoms. The van der Waals surface area contributed by atoms with Crippen LogP contribution in [0.15, 0.2) is 29.8 Å². The standard InChI is InChI=1S/C14H18O3/c1-4-16-13-7-5-6-12(10-15)14(13)17-9-8-11(2)3/h5-8,10H,4,9H2,1-3H3. The van der Waals surface area contributed by atoms with Gasteiger partial charge in [0.25, 0.3) is 0 Å². The first-order valence-electron chi connectivity index (χ1n) is 5.66.